The lowest BCUT2D eigenvalue weighted by Gasteiger charge is -2.41. The first-order chi connectivity index (χ1) is 23.3. The summed E-state index contributed by atoms with van der Waals surface area (Å²) in [7, 11) is 0. The number of aromatic nitrogens is 3. The molecule has 2 amide bonds. The van der Waals surface area contributed by atoms with Gasteiger partial charge in [0.25, 0.3) is 12.3 Å². The molecule has 0 bridgehead atoms. The number of nitrogens with one attached hydrogen (secondary N) is 4. The molecule has 0 spiro atoms. The normalized spacial score (nSPS) is 19.6. The van der Waals surface area contributed by atoms with E-state index in [0.29, 0.717) is 6.07 Å². The Kier molecular flexibility index (Phi) is 10.1. The van der Waals surface area contributed by atoms with E-state index < -0.39 is 103 Å². The van der Waals surface area contributed by atoms with Crippen molar-refractivity contribution in [2.45, 2.75) is 82.5 Å². The monoisotopic (exact) mass is 730 g/mol. The molecule has 0 saturated heterocycles. The standard InChI is InChI=1S/C30H29F11N6O3/c31-21(32)13-50-24-17(23(48)43-16-5-3-15(4-6-16)28(33,34)35)11-20-22(46-24)47-26(45-20)44-19-10-14(2-7-18(19)29(36,37)38)12-42-25(49)27(8-1-9-27)30(39,40)41/h2,7,10-11,15-16,21H,1,3-6,8-9,12-13H2,(H,42,49)(H,43,48)(H2,44,45,46,47). The number of carbonyl (C=O) groups is 2. The molecule has 4 N–H and O–H groups in total. The van der Waals surface area contributed by atoms with Gasteiger partial charge in [0.2, 0.25) is 17.7 Å². The van der Waals surface area contributed by atoms with Crippen molar-refractivity contribution in [1.29, 1.82) is 0 Å². The van der Waals surface area contributed by atoms with E-state index in [0.717, 1.165) is 18.2 Å². The summed E-state index contributed by atoms with van der Waals surface area (Å²) in [5, 5.41) is 7.08. The van der Waals surface area contributed by atoms with Gasteiger partial charge >= 0.3 is 18.5 Å². The molecule has 5 rings (SSSR count). The lowest BCUT2D eigenvalue weighted by Crippen LogP contribution is -2.54. The number of amides is 2. The van der Waals surface area contributed by atoms with E-state index in [1.165, 1.54) is 0 Å². The molecule has 1 aromatic carbocycles. The van der Waals surface area contributed by atoms with Crippen molar-refractivity contribution in [3.05, 3.63) is 41.0 Å². The fourth-order valence-electron chi connectivity index (χ4n) is 5.93. The summed E-state index contributed by atoms with van der Waals surface area (Å²) in [5.41, 5.74) is -5.17. The molecule has 9 nitrogen and oxygen atoms in total. The van der Waals surface area contributed by atoms with Gasteiger partial charge in [0.1, 0.15) is 16.5 Å². The minimum absolute atomic E-state index is 0.00523. The van der Waals surface area contributed by atoms with Crippen LogP contribution in [0.4, 0.5) is 59.9 Å². The summed E-state index contributed by atoms with van der Waals surface area (Å²) >= 11 is 0. The van der Waals surface area contributed by atoms with E-state index in [9.17, 15) is 57.9 Å². The molecule has 2 fully saturated rings. The van der Waals surface area contributed by atoms with Crippen LogP contribution in [-0.2, 0) is 17.5 Å². The number of aromatic amines is 1. The van der Waals surface area contributed by atoms with E-state index in [-0.39, 0.29) is 54.8 Å². The lowest BCUT2D eigenvalue weighted by molar-refractivity contribution is -0.243. The van der Waals surface area contributed by atoms with Crippen molar-refractivity contribution < 1.29 is 62.6 Å². The highest BCUT2D eigenvalue weighted by atomic mass is 19.4. The molecular formula is C30H29F11N6O3. The van der Waals surface area contributed by atoms with Crippen LogP contribution in [0.25, 0.3) is 11.2 Å². The van der Waals surface area contributed by atoms with E-state index >= 15 is 0 Å². The molecule has 2 aromatic heterocycles. The van der Waals surface area contributed by atoms with Gasteiger partial charge in [0.15, 0.2) is 12.3 Å². The number of nitrogens with zero attached hydrogens (tertiary/aromatic N) is 2. The molecule has 274 valence electrons. The number of H-pyrrole nitrogens is 1. The predicted molar refractivity (Wildman–Crippen MR) is 154 cm³/mol. The Balaban J connectivity index is 1.38. The zero-order valence-electron chi connectivity index (χ0n) is 25.7. The van der Waals surface area contributed by atoms with Crippen molar-refractivity contribution in [1.82, 2.24) is 25.6 Å². The van der Waals surface area contributed by atoms with Gasteiger partial charge in [-0.3, -0.25) is 9.59 Å². The van der Waals surface area contributed by atoms with Gasteiger partial charge in [-0.2, -0.15) is 44.5 Å². The minimum atomic E-state index is -4.93. The molecule has 2 heterocycles. The summed E-state index contributed by atoms with van der Waals surface area (Å²) < 4.78 is 152. The zero-order chi connectivity index (χ0) is 36.6. The van der Waals surface area contributed by atoms with Crippen molar-refractivity contribution in [3.63, 3.8) is 0 Å². The van der Waals surface area contributed by atoms with Crippen LogP contribution in [0, 0.1) is 11.3 Å². The minimum Gasteiger partial charge on any atom is -0.471 e. The van der Waals surface area contributed by atoms with Crippen LogP contribution in [0.3, 0.4) is 0 Å². The second kappa shape index (κ2) is 13.7. The summed E-state index contributed by atoms with van der Waals surface area (Å²) in [6, 6.07) is 2.93. The largest absolute Gasteiger partial charge is 0.471 e. The number of fused-ring (bicyclic) bond motifs is 1. The number of ether oxygens (including phenoxy) is 1. The smallest absolute Gasteiger partial charge is 0.418 e. The number of hydrogen-bond donors (Lipinski definition) is 4. The first kappa shape index (κ1) is 36.9. The predicted octanol–water partition coefficient (Wildman–Crippen LogP) is 7.56. The summed E-state index contributed by atoms with van der Waals surface area (Å²) in [6.07, 6.45) is -18.3. The second-order valence-corrected chi connectivity index (χ2v) is 12.2. The molecule has 50 heavy (non-hydrogen) atoms. The van der Waals surface area contributed by atoms with Gasteiger partial charge in [-0.15, -0.1) is 0 Å². The molecule has 2 aliphatic rings. The second-order valence-electron chi connectivity index (χ2n) is 12.2. The number of carbonyl (C=O) groups excluding carboxylic acids is 2. The maximum absolute atomic E-state index is 13.9. The fraction of sp³-hybridized carbons (Fsp3) is 0.533. The third-order valence-electron chi connectivity index (χ3n) is 8.83. The van der Waals surface area contributed by atoms with Crippen LogP contribution in [0.15, 0.2) is 24.3 Å². The quantitative estimate of drug-likeness (QED) is 0.160. The summed E-state index contributed by atoms with van der Waals surface area (Å²) in [5.74, 6) is -4.73. The van der Waals surface area contributed by atoms with Gasteiger partial charge in [-0.25, -0.2) is 13.8 Å². The van der Waals surface area contributed by atoms with Crippen molar-refractivity contribution in [2.75, 3.05) is 11.9 Å². The number of anilines is 2. The number of halogens is 11. The van der Waals surface area contributed by atoms with Crippen LogP contribution in [0.1, 0.15) is 66.4 Å². The van der Waals surface area contributed by atoms with Gasteiger partial charge in [0, 0.05) is 12.6 Å². The van der Waals surface area contributed by atoms with Crippen LogP contribution < -0.4 is 20.7 Å². The van der Waals surface area contributed by atoms with Gasteiger partial charge in [0.05, 0.1) is 17.2 Å². The number of imidazole rings is 1. The van der Waals surface area contributed by atoms with Gasteiger partial charge < -0.3 is 25.7 Å². The average molecular weight is 731 g/mol. The van der Waals surface area contributed by atoms with Crippen molar-refractivity contribution >= 4 is 34.6 Å². The maximum atomic E-state index is 13.9. The lowest BCUT2D eigenvalue weighted by atomic mass is 9.67. The molecule has 0 radical (unpaired) electrons. The number of alkyl halides is 11. The first-order valence-corrected chi connectivity index (χ1v) is 15.3. The Morgan fingerprint density at radius 3 is 2.20 bits per heavy atom. The number of pyridine rings is 1. The Bertz CT molecular complexity index is 1710. The maximum Gasteiger partial charge on any atom is 0.418 e. The highest BCUT2D eigenvalue weighted by molar-refractivity contribution is 5.99. The van der Waals surface area contributed by atoms with Crippen LogP contribution in [-0.4, -0.2) is 58.2 Å². The highest BCUT2D eigenvalue weighted by Crippen LogP contribution is 2.53. The molecule has 2 saturated carbocycles. The Morgan fingerprint density at radius 2 is 1.64 bits per heavy atom. The van der Waals surface area contributed by atoms with E-state index in [1.807, 2.05) is 0 Å². The van der Waals surface area contributed by atoms with Crippen molar-refractivity contribution in [3.8, 4) is 5.88 Å². The molecule has 0 unspecified atom stereocenters. The molecule has 3 aromatic rings. The molecular weight excluding hydrogens is 701 g/mol. The zero-order valence-corrected chi connectivity index (χ0v) is 25.7. The van der Waals surface area contributed by atoms with Gasteiger partial charge in [-0.1, -0.05) is 12.5 Å². The molecule has 2 aliphatic carbocycles. The average Bonchev–Trinajstić information content (AvgIpc) is 3.37. The van der Waals surface area contributed by atoms with Crippen LogP contribution in [0.2, 0.25) is 0 Å². The van der Waals surface area contributed by atoms with Crippen LogP contribution in [0.5, 0.6) is 5.88 Å². The fourth-order valence-corrected chi connectivity index (χ4v) is 5.93. The molecule has 0 aliphatic heterocycles. The van der Waals surface area contributed by atoms with Gasteiger partial charge in [-0.05, 0) is 62.3 Å². The summed E-state index contributed by atoms with van der Waals surface area (Å²) in [4.78, 5) is 36.2. The summed E-state index contributed by atoms with van der Waals surface area (Å²) in [6.45, 7) is -1.73. The van der Waals surface area contributed by atoms with E-state index in [2.05, 4.69) is 30.9 Å². The highest BCUT2D eigenvalue weighted by Gasteiger charge is 2.63. The SMILES string of the molecule is O=C(NC1CCC(C(F)(F)F)CC1)c1cc2nc(Nc3cc(CNC(=O)C4(C(F)(F)F)CCC4)ccc3C(F)(F)F)[nH]c2nc1OCC(F)F. The third-order valence-corrected chi connectivity index (χ3v) is 8.83. The third kappa shape index (κ3) is 7.98. The molecule has 0 atom stereocenters. The topological polar surface area (TPSA) is 121 Å². The number of benzene rings is 1. The Hall–Kier alpha value is -4.39. The Labute approximate surface area is 275 Å². The first-order valence-electron chi connectivity index (χ1n) is 15.3. The number of rotatable bonds is 10. The Morgan fingerprint density at radius 1 is 0.960 bits per heavy atom. The number of hydrogen-bond acceptors (Lipinski definition) is 6. The van der Waals surface area contributed by atoms with E-state index in [1.54, 1.807) is 0 Å². The van der Waals surface area contributed by atoms with Crippen LogP contribution >= 0.6 is 0 Å². The van der Waals surface area contributed by atoms with E-state index in [4.69, 9.17) is 4.74 Å². The van der Waals surface area contributed by atoms with Crippen molar-refractivity contribution in [2.24, 2.45) is 11.3 Å². The molecule has 20 heteroatoms.